The zero-order valence-corrected chi connectivity index (χ0v) is 30.7. The molecule has 0 aromatic heterocycles. The van der Waals surface area contributed by atoms with Gasteiger partial charge in [0.05, 0.1) is 0 Å². The zero-order valence-electron chi connectivity index (χ0n) is 28.2. The molecule has 3 aromatic carbocycles. The van der Waals surface area contributed by atoms with Crippen molar-refractivity contribution in [2.24, 2.45) is 0 Å². The van der Waals surface area contributed by atoms with Crippen LogP contribution in [0.1, 0.15) is 25.0 Å². The summed E-state index contributed by atoms with van der Waals surface area (Å²) in [6.07, 6.45) is 3.68. The van der Waals surface area contributed by atoms with E-state index in [0.717, 1.165) is 11.1 Å². The Morgan fingerprint density at radius 2 is 0.648 bits per heavy atom. The maximum atomic E-state index is 7.50. The molecule has 16 heteroatoms. The van der Waals surface area contributed by atoms with Crippen molar-refractivity contribution in [2.75, 3.05) is 13.2 Å². The third-order valence-corrected chi connectivity index (χ3v) is 5.21. The van der Waals surface area contributed by atoms with Crippen molar-refractivity contribution in [1.29, 1.82) is 0 Å². The molecule has 0 spiro atoms. The van der Waals surface area contributed by atoms with Gasteiger partial charge in [0.2, 0.25) is 0 Å². The van der Waals surface area contributed by atoms with Crippen LogP contribution in [-0.4, -0.2) is 22.3 Å². The molecule has 0 bridgehead atoms. The predicted molar refractivity (Wildman–Crippen MR) is 169 cm³/mol. The molecule has 0 unspecified atom stereocenters. The minimum atomic E-state index is 0.554. The van der Waals surface area contributed by atoms with E-state index in [-0.39, 0.29) is 0 Å². The van der Waals surface area contributed by atoms with Gasteiger partial charge in [-0.15, -0.1) is 0 Å². The molecule has 0 amide bonds. The maximum absolute atomic E-state index is 7.50. The predicted octanol–water partition coefficient (Wildman–Crippen LogP) is 5.58. The Hall–Kier alpha value is -5.14. The van der Waals surface area contributed by atoms with Gasteiger partial charge in [0.25, 0.3) is 0 Å². The van der Waals surface area contributed by atoms with Gasteiger partial charge in [0, 0.05) is 0 Å². The Morgan fingerprint density at radius 1 is 0.426 bits per heavy atom. The quantitative estimate of drug-likeness (QED) is 0.129. The number of hydrogen-bond acceptors (Lipinski definition) is 4. The topological polar surface area (TPSA) is 236 Å². The average Bonchev–Trinajstić information content (AvgIpc) is 3.29. The molecule has 0 N–H and O–H groups in total. The number of benzene rings is 3. The standard InChI is InChI=1S/C28H26O4.10CO.2Cr/c1-3-29-21-19-25(23-13-7-5-8-14-23)31-27-17-11-12-18-28(27)32-26(20-22-30-4-2)24-15-9-6-10-16-24;10*1-2;;/h5-20H,3-4H2,1-2H3;;;;;;;;;;;;/b25-19-,26-20-;;;;;;;;;;;;. The second kappa shape index (κ2) is 63.0. The van der Waals surface area contributed by atoms with Crippen LogP contribution in [0.2, 0.25) is 0 Å². The van der Waals surface area contributed by atoms with Crippen molar-refractivity contribution in [3.05, 3.63) is 175 Å². The molecule has 0 aliphatic carbocycles. The van der Waals surface area contributed by atoms with E-state index in [2.05, 4.69) is 98.2 Å². The SMILES string of the molecule is CCO[C](=[Cr])/C=C(\Oc1ccccc1O/C(=C\[C](=[Cr])OCC)c1ccccc1)c1ccccc1.[C-]#[O+].[C-]#[O+].[C-]#[O+].[C-]#[O+].[C-]#[O+].[C-]#[O+].[C-]#[O+].[C-]#[O+].[C-]#[O+].[C-]#[O+]. The van der Waals surface area contributed by atoms with Gasteiger partial charge >= 0.3 is 331 Å². The van der Waals surface area contributed by atoms with Crippen LogP contribution < -0.4 is 9.47 Å². The Morgan fingerprint density at radius 3 is 0.870 bits per heavy atom. The summed E-state index contributed by atoms with van der Waals surface area (Å²) in [6, 6.07) is 27.3. The van der Waals surface area contributed by atoms with Crippen LogP contribution in [0, 0.1) is 66.5 Å². The van der Waals surface area contributed by atoms with E-state index in [1.165, 1.54) is 0 Å². The fourth-order valence-corrected chi connectivity index (χ4v) is 3.69. The number of rotatable bonds is 12. The summed E-state index contributed by atoms with van der Waals surface area (Å²) in [5, 5.41) is 0. The molecule has 0 saturated heterocycles. The van der Waals surface area contributed by atoms with Crippen molar-refractivity contribution in [1.82, 2.24) is 0 Å². The summed E-state index contributed by atoms with van der Waals surface area (Å²) in [4.78, 5) is 0. The van der Waals surface area contributed by atoms with Crippen LogP contribution in [0.4, 0.5) is 0 Å². The van der Waals surface area contributed by atoms with Crippen molar-refractivity contribution in [3.8, 4) is 11.5 Å². The van der Waals surface area contributed by atoms with E-state index >= 15 is 0 Å². The summed E-state index contributed by atoms with van der Waals surface area (Å²) < 4.78 is 100. The van der Waals surface area contributed by atoms with Crippen LogP contribution >= 0.6 is 0 Å². The molecule has 0 heterocycles. The molecule has 3 rings (SSSR count). The van der Waals surface area contributed by atoms with E-state index in [9.17, 15) is 0 Å². The van der Waals surface area contributed by atoms with Gasteiger partial charge in [-0.2, -0.15) is 0 Å². The number of hydrogen-bond donors (Lipinski definition) is 0. The van der Waals surface area contributed by atoms with Crippen LogP contribution in [0.15, 0.2) is 97.1 Å². The molecule has 14 nitrogen and oxygen atoms in total. The van der Waals surface area contributed by atoms with Crippen molar-refractivity contribution >= 4 is 20.7 Å². The number of para-hydroxylation sites is 2. The van der Waals surface area contributed by atoms with Crippen molar-refractivity contribution in [2.45, 2.75) is 13.8 Å². The van der Waals surface area contributed by atoms with E-state index in [0.29, 0.717) is 45.4 Å². The third-order valence-electron chi connectivity index (χ3n) is 4.48. The molecule has 0 saturated carbocycles. The van der Waals surface area contributed by atoms with E-state index in [4.69, 9.17) is 65.5 Å². The monoisotopic (exact) mass is 810 g/mol. The molecule has 0 radical (unpaired) electrons. The van der Waals surface area contributed by atoms with E-state index in [1.807, 2.05) is 111 Å². The normalized spacial score (nSPS) is 7.74. The van der Waals surface area contributed by atoms with Gasteiger partial charge in [-0.05, 0) is 0 Å². The fraction of sp³-hybridized carbons (Fsp3) is 0.105. The first-order valence-electron chi connectivity index (χ1n) is 13.0. The van der Waals surface area contributed by atoms with Crippen LogP contribution in [0.5, 0.6) is 11.5 Å². The summed E-state index contributed by atoms with van der Waals surface area (Å²) >= 11 is 5.89. The molecule has 0 atom stereocenters. The molecular formula is C38H26Cr2O14. The van der Waals surface area contributed by atoms with Crippen LogP contribution in [-0.2, 0) is 87.7 Å². The molecule has 0 aliphatic heterocycles. The van der Waals surface area contributed by atoms with E-state index < -0.39 is 0 Å². The molecule has 54 heavy (non-hydrogen) atoms. The molecular weight excluding hydrogens is 784 g/mol. The van der Waals surface area contributed by atoms with Gasteiger partial charge in [0.15, 0.2) is 0 Å². The van der Waals surface area contributed by atoms with Crippen molar-refractivity contribution in [3.63, 3.8) is 0 Å². The zero-order chi connectivity index (χ0) is 44.2. The van der Waals surface area contributed by atoms with Gasteiger partial charge in [-0.3, -0.25) is 0 Å². The summed E-state index contributed by atoms with van der Waals surface area (Å²) in [5.74, 6) is 2.41. The summed E-state index contributed by atoms with van der Waals surface area (Å²) in [6.45, 7) is 50.0. The Balaban J connectivity index is -0.000000153. The summed E-state index contributed by atoms with van der Waals surface area (Å²) in [5.41, 5.74) is 1.83. The minimum absolute atomic E-state index is 0.554. The second-order valence-electron chi connectivity index (χ2n) is 6.90. The fourth-order valence-electron chi connectivity index (χ4n) is 2.99. The van der Waals surface area contributed by atoms with Crippen molar-refractivity contribution < 1.29 is 97.2 Å². The average molecular weight is 811 g/mol. The van der Waals surface area contributed by atoms with Gasteiger partial charge in [-0.1, -0.05) is 0 Å². The third kappa shape index (κ3) is 36.6. The second-order valence-corrected chi connectivity index (χ2v) is 8.16. The van der Waals surface area contributed by atoms with Gasteiger partial charge < -0.3 is 0 Å². The Bertz CT molecular complexity index is 1440. The van der Waals surface area contributed by atoms with E-state index in [1.54, 1.807) is 0 Å². The van der Waals surface area contributed by atoms with Crippen LogP contribution in [0.3, 0.4) is 0 Å². The van der Waals surface area contributed by atoms with Gasteiger partial charge in [0.1, 0.15) is 0 Å². The molecule has 0 aliphatic rings. The molecule has 3 aromatic rings. The van der Waals surface area contributed by atoms with Gasteiger partial charge in [-0.25, -0.2) is 0 Å². The Kier molecular flexibility index (Phi) is 78.2. The first-order chi connectivity index (χ1) is 26.6. The molecule has 0 fully saturated rings. The van der Waals surface area contributed by atoms with Crippen LogP contribution in [0.25, 0.3) is 11.5 Å². The summed E-state index contributed by atoms with van der Waals surface area (Å²) in [7, 11) is 0. The Labute approximate surface area is 329 Å². The molecule has 274 valence electrons. The first kappa shape index (κ1) is 67.0. The number of ether oxygens (including phenoxy) is 4. The first-order valence-corrected chi connectivity index (χ1v) is 14.2.